The zero-order valence-corrected chi connectivity index (χ0v) is 10.0. The summed E-state index contributed by atoms with van der Waals surface area (Å²) in [5, 5.41) is 13.7. The van der Waals surface area contributed by atoms with Crippen molar-refractivity contribution in [3.8, 4) is 0 Å². The first kappa shape index (κ1) is 13.9. The lowest BCUT2D eigenvalue weighted by Crippen LogP contribution is -2.10. The van der Waals surface area contributed by atoms with Crippen LogP contribution < -0.4 is 11.1 Å². The van der Waals surface area contributed by atoms with Crippen LogP contribution in [0.3, 0.4) is 0 Å². The lowest BCUT2D eigenvalue weighted by molar-refractivity contribution is -0.384. The Morgan fingerprint density at radius 1 is 1.56 bits per heavy atom. The van der Waals surface area contributed by atoms with Crippen LogP contribution in [0.4, 0.5) is 11.4 Å². The molecule has 0 unspecified atom stereocenters. The zero-order chi connectivity index (χ0) is 13.5. The maximum absolute atomic E-state index is 11.3. The minimum atomic E-state index is -0.535. The molecule has 0 aliphatic carbocycles. The molecule has 0 aliphatic rings. The van der Waals surface area contributed by atoms with Crippen molar-refractivity contribution in [2.24, 2.45) is 5.73 Å². The first-order valence-electron chi connectivity index (χ1n) is 5.41. The number of nitro benzene ring substituents is 1. The van der Waals surface area contributed by atoms with Gasteiger partial charge >= 0.3 is 5.97 Å². The Kier molecular flexibility index (Phi) is 5.06. The number of ether oxygens (including phenoxy) is 1. The molecule has 0 amide bonds. The van der Waals surface area contributed by atoms with E-state index < -0.39 is 10.9 Å². The molecule has 1 aromatic carbocycles. The maximum Gasteiger partial charge on any atom is 0.337 e. The lowest BCUT2D eigenvalue weighted by atomic mass is 10.1. The quantitative estimate of drug-likeness (QED) is 0.340. The summed E-state index contributed by atoms with van der Waals surface area (Å²) in [6, 6.07) is 4.04. The number of hydrogen-bond donors (Lipinski definition) is 2. The molecule has 0 fully saturated rings. The number of nitrogens with two attached hydrogens (primary N) is 1. The molecule has 98 valence electrons. The molecule has 7 heteroatoms. The fourth-order valence-corrected chi connectivity index (χ4v) is 1.41. The van der Waals surface area contributed by atoms with E-state index in [1.165, 1.54) is 25.3 Å². The second-order valence-corrected chi connectivity index (χ2v) is 3.55. The predicted molar refractivity (Wildman–Crippen MR) is 66.6 cm³/mol. The summed E-state index contributed by atoms with van der Waals surface area (Å²) in [6.45, 7) is 0.986. The third-order valence-corrected chi connectivity index (χ3v) is 2.31. The van der Waals surface area contributed by atoms with Crippen molar-refractivity contribution in [3.05, 3.63) is 33.9 Å². The summed E-state index contributed by atoms with van der Waals surface area (Å²) in [5.41, 5.74) is 5.81. The summed E-state index contributed by atoms with van der Waals surface area (Å²) < 4.78 is 4.56. The van der Waals surface area contributed by atoms with Gasteiger partial charge < -0.3 is 15.8 Å². The van der Waals surface area contributed by atoms with Gasteiger partial charge in [0.1, 0.15) is 5.69 Å². The first-order chi connectivity index (χ1) is 8.60. The van der Waals surface area contributed by atoms with E-state index in [-0.39, 0.29) is 16.9 Å². The van der Waals surface area contributed by atoms with Crippen molar-refractivity contribution in [3.63, 3.8) is 0 Å². The van der Waals surface area contributed by atoms with Crippen molar-refractivity contribution in [2.45, 2.75) is 6.42 Å². The molecule has 0 spiro atoms. The van der Waals surface area contributed by atoms with Gasteiger partial charge in [0.15, 0.2) is 0 Å². The molecule has 0 aliphatic heterocycles. The number of carbonyl (C=O) groups excluding carboxylic acids is 1. The Balaban J connectivity index is 2.99. The summed E-state index contributed by atoms with van der Waals surface area (Å²) in [6.07, 6.45) is 0.680. The van der Waals surface area contributed by atoms with E-state index in [0.717, 1.165) is 0 Å². The van der Waals surface area contributed by atoms with Crippen LogP contribution in [0.1, 0.15) is 16.8 Å². The van der Waals surface area contributed by atoms with Crippen LogP contribution in [0.15, 0.2) is 18.2 Å². The highest BCUT2D eigenvalue weighted by atomic mass is 16.6. The smallest absolute Gasteiger partial charge is 0.337 e. The van der Waals surface area contributed by atoms with E-state index in [4.69, 9.17) is 5.73 Å². The molecule has 1 aromatic rings. The predicted octanol–water partition coefficient (Wildman–Crippen LogP) is 1.14. The van der Waals surface area contributed by atoms with Gasteiger partial charge in [-0.05, 0) is 25.1 Å². The molecule has 0 saturated heterocycles. The summed E-state index contributed by atoms with van der Waals surface area (Å²) in [5.74, 6) is -0.535. The standard InChI is InChI=1S/C11H15N3O4/c1-18-11(15)8-3-4-10(14(16)17)9(7-8)13-6-2-5-12/h3-4,7,13H,2,5-6,12H2,1H3. The fourth-order valence-electron chi connectivity index (χ4n) is 1.41. The topological polar surface area (TPSA) is 107 Å². The molecule has 3 N–H and O–H groups in total. The highest BCUT2D eigenvalue weighted by molar-refractivity contribution is 5.91. The molecule has 7 nitrogen and oxygen atoms in total. The van der Waals surface area contributed by atoms with Gasteiger partial charge in [-0.15, -0.1) is 0 Å². The van der Waals surface area contributed by atoms with Crippen LogP contribution >= 0.6 is 0 Å². The number of rotatable bonds is 6. The van der Waals surface area contributed by atoms with Gasteiger partial charge in [0.2, 0.25) is 0 Å². The van der Waals surface area contributed by atoms with Gasteiger partial charge in [0.05, 0.1) is 17.6 Å². The minimum absolute atomic E-state index is 0.0836. The summed E-state index contributed by atoms with van der Waals surface area (Å²) in [7, 11) is 1.26. The Labute approximate surface area is 104 Å². The van der Waals surface area contributed by atoms with Crippen molar-refractivity contribution < 1.29 is 14.5 Å². The number of nitro groups is 1. The molecule has 1 rings (SSSR count). The molecule has 18 heavy (non-hydrogen) atoms. The second kappa shape index (κ2) is 6.55. The van der Waals surface area contributed by atoms with E-state index in [1.807, 2.05) is 0 Å². The maximum atomic E-state index is 11.3. The first-order valence-corrected chi connectivity index (χ1v) is 5.41. The van der Waals surface area contributed by atoms with Gasteiger partial charge in [-0.25, -0.2) is 4.79 Å². The summed E-state index contributed by atoms with van der Waals surface area (Å²) in [4.78, 5) is 21.7. The number of carbonyl (C=O) groups is 1. The Bertz CT molecular complexity index is 448. The average Bonchev–Trinajstić information content (AvgIpc) is 2.37. The van der Waals surface area contributed by atoms with E-state index >= 15 is 0 Å². The van der Waals surface area contributed by atoms with Crippen molar-refractivity contribution >= 4 is 17.3 Å². The number of anilines is 1. The third kappa shape index (κ3) is 3.42. The van der Waals surface area contributed by atoms with Crippen molar-refractivity contribution in [2.75, 3.05) is 25.5 Å². The third-order valence-electron chi connectivity index (χ3n) is 2.31. The van der Waals surface area contributed by atoms with Gasteiger partial charge in [-0.2, -0.15) is 0 Å². The lowest BCUT2D eigenvalue weighted by Gasteiger charge is -2.07. The molecule has 0 atom stereocenters. The highest BCUT2D eigenvalue weighted by Gasteiger charge is 2.16. The average molecular weight is 253 g/mol. The number of hydrogen-bond acceptors (Lipinski definition) is 6. The van der Waals surface area contributed by atoms with E-state index in [2.05, 4.69) is 10.1 Å². The van der Waals surface area contributed by atoms with E-state index in [9.17, 15) is 14.9 Å². The normalized spacial score (nSPS) is 9.89. The molecule has 0 saturated carbocycles. The number of nitrogens with zero attached hydrogens (tertiary/aromatic N) is 1. The molecular formula is C11H15N3O4. The van der Waals surface area contributed by atoms with Gasteiger partial charge in [-0.1, -0.05) is 0 Å². The number of benzene rings is 1. The van der Waals surface area contributed by atoms with Crippen LogP contribution in [0.25, 0.3) is 0 Å². The van der Waals surface area contributed by atoms with Crippen molar-refractivity contribution in [1.29, 1.82) is 0 Å². The summed E-state index contributed by atoms with van der Waals surface area (Å²) >= 11 is 0. The molecule has 0 bridgehead atoms. The van der Waals surface area contributed by atoms with Gasteiger partial charge in [-0.3, -0.25) is 10.1 Å². The fraction of sp³-hybridized carbons (Fsp3) is 0.364. The Morgan fingerprint density at radius 3 is 2.83 bits per heavy atom. The molecule has 0 aromatic heterocycles. The Morgan fingerprint density at radius 2 is 2.28 bits per heavy atom. The number of esters is 1. The Hall–Kier alpha value is -2.15. The zero-order valence-electron chi connectivity index (χ0n) is 10.0. The number of methoxy groups -OCH3 is 1. The van der Waals surface area contributed by atoms with Crippen LogP contribution in [0.2, 0.25) is 0 Å². The van der Waals surface area contributed by atoms with Gasteiger partial charge in [0.25, 0.3) is 5.69 Å². The second-order valence-electron chi connectivity index (χ2n) is 3.55. The van der Waals surface area contributed by atoms with Crippen LogP contribution in [-0.2, 0) is 4.74 Å². The monoisotopic (exact) mass is 253 g/mol. The molecular weight excluding hydrogens is 238 g/mol. The highest BCUT2D eigenvalue weighted by Crippen LogP contribution is 2.25. The molecule has 0 radical (unpaired) electrons. The minimum Gasteiger partial charge on any atom is -0.465 e. The van der Waals surface area contributed by atoms with Crippen molar-refractivity contribution in [1.82, 2.24) is 0 Å². The molecule has 0 heterocycles. The van der Waals surface area contributed by atoms with E-state index in [0.29, 0.717) is 19.5 Å². The van der Waals surface area contributed by atoms with E-state index in [1.54, 1.807) is 0 Å². The van der Waals surface area contributed by atoms with Crippen LogP contribution in [0.5, 0.6) is 0 Å². The van der Waals surface area contributed by atoms with Gasteiger partial charge in [0, 0.05) is 12.6 Å². The SMILES string of the molecule is COC(=O)c1ccc([N+](=O)[O-])c(NCCCN)c1. The largest absolute Gasteiger partial charge is 0.465 e. The number of nitrogens with one attached hydrogen (secondary N) is 1. The van der Waals surface area contributed by atoms with Crippen LogP contribution in [-0.4, -0.2) is 31.1 Å². The van der Waals surface area contributed by atoms with Crippen LogP contribution in [0, 0.1) is 10.1 Å².